The third-order valence-electron chi connectivity index (χ3n) is 6.04. The lowest BCUT2D eigenvalue weighted by atomic mass is 9.87. The second kappa shape index (κ2) is 9.69. The molecule has 0 radical (unpaired) electrons. The van der Waals surface area contributed by atoms with Gasteiger partial charge >= 0.3 is 0 Å². The summed E-state index contributed by atoms with van der Waals surface area (Å²) >= 11 is 0. The number of hydrogen-bond acceptors (Lipinski definition) is 4. The number of carbonyl (C=O) groups excluding carboxylic acids is 1. The van der Waals surface area contributed by atoms with E-state index in [1.807, 2.05) is 17.0 Å². The summed E-state index contributed by atoms with van der Waals surface area (Å²) < 4.78 is 24.6. The van der Waals surface area contributed by atoms with E-state index < -0.39 is 6.10 Å². The number of ether oxygens (including phenoxy) is 2. The Morgan fingerprint density at radius 3 is 2.73 bits per heavy atom. The van der Waals surface area contributed by atoms with Crippen molar-refractivity contribution in [3.05, 3.63) is 71.0 Å². The van der Waals surface area contributed by atoms with E-state index in [2.05, 4.69) is 17.4 Å². The maximum atomic E-state index is 13.5. The molecule has 4 rings (SSSR count). The fourth-order valence-corrected chi connectivity index (χ4v) is 4.47. The summed E-state index contributed by atoms with van der Waals surface area (Å²) in [6, 6.07) is 14.7. The molecular weight excluding hydrogens is 383 g/mol. The molecule has 160 valence electrons. The molecule has 2 aliphatic heterocycles. The quantitative estimate of drug-likeness (QED) is 0.741. The second-order valence-electron chi connectivity index (χ2n) is 7.98. The van der Waals surface area contributed by atoms with Crippen LogP contribution in [0.1, 0.15) is 35.6 Å². The smallest absolute Gasteiger partial charge is 0.252 e. The molecule has 5 nitrogen and oxygen atoms in total. The summed E-state index contributed by atoms with van der Waals surface area (Å²) in [5.41, 5.74) is 3.27. The third-order valence-corrected chi connectivity index (χ3v) is 6.04. The van der Waals surface area contributed by atoms with Crippen LogP contribution in [0.4, 0.5) is 4.39 Å². The van der Waals surface area contributed by atoms with Gasteiger partial charge in [-0.05, 0) is 48.1 Å². The van der Waals surface area contributed by atoms with E-state index in [0.717, 1.165) is 30.5 Å². The Morgan fingerprint density at radius 1 is 1.20 bits per heavy atom. The molecule has 6 heteroatoms. The molecule has 2 aliphatic rings. The lowest BCUT2D eigenvalue weighted by molar-refractivity contribution is -0.149. The number of benzene rings is 2. The van der Waals surface area contributed by atoms with Gasteiger partial charge in [-0.1, -0.05) is 36.4 Å². The maximum Gasteiger partial charge on any atom is 0.252 e. The van der Waals surface area contributed by atoms with Gasteiger partial charge in [0.15, 0.2) is 0 Å². The van der Waals surface area contributed by atoms with Gasteiger partial charge in [-0.15, -0.1) is 0 Å². The number of nitrogens with zero attached hydrogens (tertiary/aromatic N) is 1. The zero-order valence-electron chi connectivity index (χ0n) is 17.4. The molecule has 1 amide bonds. The lowest BCUT2D eigenvalue weighted by Gasteiger charge is -2.40. The van der Waals surface area contributed by atoms with Crippen LogP contribution >= 0.6 is 0 Å². The first kappa shape index (κ1) is 21.0. The van der Waals surface area contributed by atoms with Gasteiger partial charge in [-0.25, -0.2) is 4.39 Å². The number of nitrogens with one attached hydrogen (secondary N) is 1. The van der Waals surface area contributed by atoms with Crippen LogP contribution in [0.5, 0.6) is 0 Å². The van der Waals surface area contributed by atoms with Gasteiger partial charge in [0.05, 0.1) is 19.3 Å². The van der Waals surface area contributed by atoms with Gasteiger partial charge in [0.2, 0.25) is 0 Å². The van der Waals surface area contributed by atoms with E-state index in [9.17, 15) is 9.18 Å². The Labute approximate surface area is 177 Å². The van der Waals surface area contributed by atoms with Crippen molar-refractivity contribution in [1.82, 2.24) is 10.2 Å². The zero-order valence-corrected chi connectivity index (χ0v) is 17.4. The fourth-order valence-electron chi connectivity index (χ4n) is 4.47. The molecule has 30 heavy (non-hydrogen) atoms. The van der Waals surface area contributed by atoms with Crippen LogP contribution in [-0.4, -0.2) is 56.4 Å². The molecule has 1 N–H and O–H groups in total. The average molecular weight is 413 g/mol. The first-order valence-electron chi connectivity index (χ1n) is 10.6. The van der Waals surface area contributed by atoms with E-state index in [1.165, 1.54) is 17.7 Å². The SMILES string of the molecule is COCCN[C@H]1CC[C@H](C(=O)N2CCc3ccccc3[C@@H]2c2ccc(F)cc2)OC1. The highest BCUT2D eigenvalue weighted by Gasteiger charge is 2.37. The van der Waals surface area contributed by atoms with Crippen molar-refractivity contribution in [3.8, 4) is 0 Å². The van der Waals surface area contributed by atoms with Gasteiger partial charge in [-0.2, -0.15) is 0 Å². The number of methoxy groups -OCH3 is 1. The topological polar surface area (TPSA) is 50.8 Å². The van der Waals surface area contributed by atoms with Crippen molar-refractivity contribution in [1.29, 1.82) is 0 Å². The first-order valence-corrected chi connectivity index (χ1v) is 10.6. The number of fused-ring (bicyclic) bond motifs is 1. The van der Waals surface area contributed by atoms with Crippen LogP contribution < -0.4 is 5.32 Å². The zero-order chi connectivity index (χ0) is 20.9. The summed E-state index contributed by atoms with van der Waals surface area (Å²) in [6.07, 6.45) is 1.97. The minimum atomic E-state index is -0.432. The predicted molar refractivity (Wildman–Crippen MR) is 113 cm³/mol. The van der Waals surface area contributed by atoms with Gasteiger partial charge < -0.3 is 19.7 Å². The summed E-state index contributed by atoms with van der Waals surface area (Å²) in [7, 11) is 1.68. The number of hydrogen-bond donors (Lipinski definition) is 1. The Kier molecular flexibility index (Phi) is 6.77. The van der Waals surface area contributed by atoms with Crippen LogP contribution in [0.2, 0.25) is 0 Å². The van der Waals surface area contributed by atoms with Crippen LogP contribution in [0.25, 0.3) is 0 Å². The van der Waals surface area contributed by atoms with E-state index in [-0.39, 0.29) is 23.8 Å². The van der Waals surface area contributed by atoms with Crippen LogP contribution in [0.15, 0.2) is 48.5 Å². The minimum absolute atomic E-state index is 0.0224. The highest BCUT2D eigenvalue weighted by Crippen LogP contribution is 2.36. The van der Waals surface area contributed by atoms with Gasteiger partial charge in [0, 0.05) is 26.2 Å². The molecule has 0 saturated carbocycles. The molecule has 0 bridgehead atoms. The second-order valence-corrected chi connectivity index (χ2v) is 7.98. The molecular formula is C24H29FN2O3. The lowest BCUT2D eigenvalue weighted by Crippen LogP contribution is -2.50. The molecule has 1 saturated heterocycles. The van der Waals surface area contributed by atoms with Crippen LogP contribution in [0.3, 0.4) is 0 Å². The normalized spacial score (nSPS) is 23.8. The molecule has 3 atom stereocenters. The molecule has 0 spiro atoms. The Hall–Kier alpha value is -2.28. The van der Waals surface area contributed by atoms with Crippen LogP contribution in [0, 0.1) is 5.82 Å². The number of carbonyl (C=O) groups is 1. The van der Waals surface area contributed by atoms with Crippen LogP contribution in [-0.2, 0) is 20.7 Å². The Morgan fingerprint density at radius 2 is 2.00 bits per heavy atom. The van der Waals surface area contributed by atoms with E-state index in [1.54, 1.807) is 19.2 Å². The molecule has 2 aromatic carbocycles. The fraction of sp³-hybridized carbons (Fsp3) is 0.458. The first-order chi connectivity index (χ1) is 14.7. The van der Waals surface area contributed by atoms with Gasteiger partial charge in [-0.3, -0.25) is 4.79 Å². The van der Waals surface area contributed by atoms with E-state index in [4.69, 9.17) is 9.47 Å². The summed E-state index contributed by atoms with van der Waals surface area (Å²) in [5.74, 6) is -0.252. The molecule has 2 heterocycles. The van der Waals surface area contributed by atoms with Crippen molar-refractivity contribution in [3.63, 3.8) is 0 Å². The van der Waals surface area contributed by atoms with Crippen molar-refractivity contribution < 1.29 is 18.7 Å². The van der Waals surface area contributed by atoms with Gasteiger partial charge in [0.1, 0.15) is 11.9 Å². The summed E-state index contributed by atoms with van der Waals surface area (Å²) in [4.78, 5) is 15.4. The average Bonchev–Trinajstić information content (AvgIpc) is 2.79. The van der Waals surface area contributed by atoms with E-state index >= 15 is 0 Å². The van der Waals surface area contributed by atoms with Crippen molar-refractivity contribution >= 4 is 5.91 Å². The molecule has 2 aromatic rings. The standard InChI is InChI=1S/C24H29FN2O3/c1-29-15-13-26-20-10-11-22(30-16-20)24(28)27-14-12-17-4-2-3-5-21(17)23(27)18-6-8-19(25)9-7-18/h2-9,20,22-23,26H,10-16H2,1H3/t20-,22+,23-/m0/s1. The van der Waals surface area contributed by atoms with Crippen molar-refractivity contribution in [2.45, 2.75) is 37.5 Å². The number of amides is 1. The summed E-state index contributed by atoms with van der Waals surface area (Å²) in [6.45, 7) is 2.59. The van der Waals surface area contributed by atoms with Gasteiger partial charge in [0.25, 0.3) is 5.91 Å². The Balaban J connectivity index is 1.51. The maximum absolute atomic E-state index is 13.5. The minimum Gasteiger partial charge on any atom is -0.383 e. The van der Waals surface area contributed by atoms with Crippen molar-refractivity contribution in [2.24, 2.45) is 0 Å². The largest absolute Gasteiger partial charge is 0.383 e. The summed E-state index contributed by atoms with van der Waals surface area (Å²) in [5, 5.41) is 3.40. The monoisotopic (exact) mass is 412 g/mol. The highest BCUT2D eigenvalue weighted by molar-refractivity contribution is 5.82. The Bertz CT molecular complexity index is 850. The third kappa shape index (κ3) is 4.56. The molecule has 0 aromatic heterocycles. The predicted octanol–water partition coefficient (Wildman–Crippen LogP) is 3.08. The molecule has 0 unspecified atom stereocenters. The molecule has 0 aliphatic carbocycles. The van der Waals surface area contributed by atoms with E-state index in [0.29, 0.717) is 26.2 Å². The molecule has 1 fully saturated rings. The number of halogens is 1. The van der Waals surface area contributed by atoms with Crippen molar-refractivity contribution in [2.75, 3.05) is 33.4 Å². The highest BCUT2D eigenvalue weighted by atomic mass is 19.1. The number of rotatable bonds is 6.